The van der Waals surface area contributed by atoms with E-state index in [2.05, 4.69) is 66.0 Å². The molecule has 1 saturated heterocycles. The Labute approximate surface area is 179 Å². The van der Waals surface area contributed by atoms with E-state index in [1.165, 1.54) is 16.7 Å². The lowest BCUT2D eigenvalue weighted by molar-refractivity contribution is 0.0359. The third-order valence-corrected chi connectivity index (χ3v) is 5.95. The van der Waals surface area contributed by atoms with Crippen LogP contribution in [0.4, 0.5) is 0 Å². The summed E-state index contributed by atoms with van der Waals surface area (Å²) in [6, 6.07) is 10.8. The lowest BCUT2D eigenvalue weighted by Crippen LogP contribution is -2.38. The van der Waals surface area contributed by atoms with Gasteiger partial charge in [0.2, 0.25) is 0 Å². The molecule has 0 bridgehead atoms. The molecule has 0 spiro atoms. The van der Waals surface area contributed by atoms with Crippen molar-refractivity contribution in [3.05, 3.63) is 64.6 Å². The molecule has 0 amide bonds. The van der Waals surface area contributed by atoms with Gasteiger partial charge in [-0.05, 0) is 50.9 Å². The highest BCUT2D eigenvalue weighted by Gasteiger charge is 2.15. The van der Waals surface area contributed by atoms with Gasteiger partial charge < -0.3 is 4.74 Å². The summed E-state index contributed by atoms with van der Waals surface area (Å²) in [5.74, 6) is 0. The van der Waals surface area contributed by atoms with Gasteiger partial charge in [0.1, 0.15) is 0 Å². The van der Waals surface area contributed by atoms with Crippen molar-refractivity contribution >= 4 is 5.65 Å². The van der Waals surface area contributed by atoms with Crippen molar-refractivity contribution in [2.24, 2.45) is 0 Å². The number of ether oxygens (including phenoxy) is 1. The number of hydrogen-bond donors (Lipinski definition) is 0. The predicted octanol–water partition coefficient (Wildman–Crippen LogP) is 3.38. The highest BCUT2D eigenvalue weighted by Crippen LogP contribution is 2.18. The van der Waals surface area contributed by atoms with E-state index >= 15 is 0 Å². The van der Waals surface area contributed by atoms with Crippen LogP contribution in [-0.2, 0) is 17.8 Å². The minimum Gasteiger partial charge on any atom is -0.379 e. The molecule has 0 N–H and O–H groups in total. The molecule has 1 aromatic carbocycles. The molecule has 4 rings (SSSR count). The first-order chi connectivity index (χ1) is 14.6. The fourth-order valence-electron chi connectivity index (χ4n) is 4.25. The number of aryl methyl sites for hydroxylation is 3. The summed E-state index contributed by atoms with van der Waals surface area (Å²) < 4.78 is 7.44. The monoisotopic (exact) mass is 407 g/mol. The Morgan fingerprint density at radius 3 is 2.60 bits per heavy atom. The van der Waals surface area contributed by atoms with Crippen LogP contribution in [0.5, 0.6) is 0 Å². The van der Waals surface area contributed by atoms with Gasteiger partial charge in [0, 0.05) is 49.7 Å². The molecule has 1 fully saturated rings. The summed E-state index contributed by atoms with van der Waals surface area (Å²) in [5.41, 5.74) is 7.08. The average Bonchev–Trinajstić information content (AvgIpc) is 3.13. The Kier molecular flexibility index (Phi) is 6.77. The zero-order chi connectivity index (χ0) is 20.9. The molecule has 0 radical (unpaired) electrons. The summed E-state index contributed by atoms with van der Waals surface area (Å²) in [5, 5.41) is 4.60. The second kappa shape index (κ2) is 9.69. The first kappa shape index (κ1) is 21.0. The standard InChI is InChI=1S/C24H33N5O/c1-19-7-4-5-8-22(19)17-28(10-6-9-27-11-13-30-14-12-27)18-23-16-25-29-21(3)15-20(2)26-24(23)29/h4-5,7-8,15-16H,6,9-14,17-18H2,1-3H3. The van der Waals surface area contributed by atoms with E-state index in [0.29, 0.717) is 0 Å². The third-order valence-electron chi connectivity index (χ3n) is 5.95. The highest BCUT2D eigenvalue weighted by atomic mass is 16.5. The van der Waals surface area contributed by atoms with Crippen molar-refractivity contribution in [1.29, 1.82) is 0 Å². The van der Waals surface area contributed by atoms with Crippen LogP contribution in [0.3, 0.4) is 0 Å². The van der Waals surface area contributed by atoms with Crippen LogP contribution < -0.4 is 0 Å². The summed E-state index contributed by atoms with van der Waals surface area (Å²) in [6.07, 6.45) is 3.14. The molecule has 3 aromatic rings. The maximum Gasteiger partial charge on any atom is 0.159 e. The average molecular weight is 408 g/mol. The molecule has 0 atom stereocenters. The Morgan fingerprint density at radius 1 is 1.03 bits per heavy atom. The molecule has 1 aliphatic heterocycles. The molecule has 6 heteroatoms. The van der Waals surface area contributed by atoms with Crippen molar-refractivity contribution in [2.45, 2.75) is 40.3 Å². The molecular formula is C24H33N5O. The van der Waals surface area contributed by atoms with Gasteiger partial charge in [0.15, 0.2) is 5.65 Å². The lowest BCUT2D eigenvalue weighted by atomic mass is 10.1. The number of benzene rings is 1. The van der Waals surface area contributed by atoms with Crippen LogP contribution >= 0.6 is 0 Å². The van der Waals surface area contributed by atoms with Gasteiger partial charge in [-0.2, -0.15) is 5.10 Å². The maximum atomic E-state index is 5.48. The zero-order valence-electron chi connectivity index (χ0n) is 18.5. The second-order valence-corrected chi connectivity index (χ2v) is 8.39. The number of fused-ring (bicyclic) bond motifs is 1. The third kappa shape index (κ3) is 5.06. The summed E-state index contributed by atoms with van der Waals surface area (Å²) in [6.45, 7) is 14.1. The zero-order valence-corrected chi connectivity index (χ0v) is 18.5. The Bertz CT molecular complexity index is 977. The number of morpholine rings is 1. The van der Waals surface area contributed by atoms with Crippen molar-refractivity contribution in [1.82, 2.24) is 24.4 Å². The first-order valence-electron chi connectivity index (χ1n) is 11.0. The molecule has 0 unspecified atom stereocenters. The van der Waals surface area contributed by atoms with Gasteiger partial charge in [-0.15, -0.1) is 0 Å². The minimum atomic E-state index is 0.858. The highest BCUT2D eigenvalue weighted by molar-refractivity contribution is 5.47. The number of nitrogens with zero attached hydrogens (tertiary/aromatic N) is 5. The van der Waals surface area contributed by atoms with Gasteiger partial charge in [0.25, 0.3) is 0 Å². The number of hydrogen-bond acceptors (Lipinski definition) is 5. The summed E-state index contributed by atoms with van der Waals surface area (Å²) in [4.78, 5) is 9.83. The normalized spacial score (nSPS) is 15.3. The van der Waals surface area contributed by atoms with E-state index in [1.807, 2.05) is 10.7 Å². The van der Waals surface area contributed by atoms with Gasteiger partial charge >= 0.3 is 0 Å². The fraction of sp³-hybridized carbons (Fsp3) is 0.500. The molecule has 30 heavy (non-hydrogen) atoms. The van der Waals surface area contributed by atoms with Gasteiger partial charge in [-0.3, -0.25) is 9.80 Å². The Hall–Kier alpha value is -2.28. The van der Waals surface area contributed by atoms with Crippen molar-refractivity contribution in [3.63, 3.8) is 0 Å². The van der Waals surface area contributed by atoms with Crippen molar-refractivity contribution in [3.8, 4) is 0 Å². The van der Waals surface area contributed by atoms with E-state index in [-0.39, 0.29) is 0 Å². The Morgan fingerprint density at radius 2 is 1.80 bits per heavy atom. The topological polar surface area (TPSA) is 45.9 Å². The largest absolute Gasteiger partial charge is 0.379 e. The molecule has 0 aliphatic carbocycles. The predicted molar refractivity (Wildman–Crippen MR) is 120 cm³/mol. The molecule has 1 aliphatic rings. The van der Waals surface area contributed by atoms with E-state index in [0.717, 1.165) is 75.9 Å². The molecule has 0 saturated carbocycles. The molecular weight excluding hydrogens is 374 g/mol. The molecule has 160 valence electrons. The van der Waals surface area contributed by atoms with Crippen LogP contribution in [0.25, 0.3) is 5.65 Å². The first-order valence-corrected chi connectivity index (χ1v) is 11.0. The fourth-order valence-corrected chi connectivity index (χ4v) is 4.25. The Balaban J connectivity index is 1.50. The van der Waals surface area contributed by atoms with Crippen LogP contribution in [0.2, 0.25) is 0 Å². The summed E-state index contributed by atoms with van der Waals surface area (Å²) in [7, 11) is 0. The van der Waals surface area contributed by atoms with Crippen LogP contribution in [0.1, 0.15) is 34.5 Å². The minimum absolute atomic E-state index is 0.858. The summed E-state index contributed by atoms with van der Waals surface area (Å²) >= 11 is 0. The van der Waals surface area contributed by atoms with Crippen molar-refractivity contribution < 1.29 is 4.74 Å². The lowest BCUT2D eigenvalue weighted by Gasteiger charge is -2.28. The van der Waals surface area contributed by atoms with E-state index < -0.39 is 0 Å². The van der Waals surface area contributed by atoms with E-state index in [4.69, 9.17) is 9.72 Å². The van der Waals surface area contributed by atoms with Gasteiger partial charge in [0.05, 0.1) is 19.4 Å². The number of aromatic nitrogens is 3. The van der Waals surface area contributed by atoms with Crippen LogP contribution in [-0.4, -0.2) is 63.8 Å². The SMILES string of the molecule is Cc1cc(C)n2ncc(CN(CCCN3CCOCC3)Cc3ccccc3C)c2n1. The molecule has 6 nitrogen and oxygen atoms in total. The van der Waals surface area contributed by atoms with Gasteiger partial charge in [-0.25, -0.2) is 9.50 Å². The molecule has 2 aromatic heterocycles. The quantitative estimate of drug-likeness (QED) is 0.573. The number of rotatable bonds is 8. The second-order valence-electron chi connectivity index (χ2n) is 8.39. The van der Waals surface area contributed by atoms with Crippen molar-refractivity contribution in [2.75, 3.05) is 39.4 Å². The van der Waals surface area contributed by atoms with Crippen LogP contribution in [0, 0.1) is 20.8 Å². The smallest absolute Gasteiger partial charge is 0.159 e. The maximum absolute atomic E-state index is 5.48. The van der Waals surface area contributed by atoms with E-state index in [1.54, 1.807) is 0 Å². The van der Waals surface area contributed by atoms with Gasteiger partial charge in [-0.1, -0.05) is 24.3 Å². The molecule has 3 heterocycles. The van der Waals surface area contributed by atoms with Crippen LogP contribution in [0.15, 0.2) is 36.5 Å². The van der Waals surface area contributed by atoms with E-state index in [9.17, 15) is 0 Å².